The third-order valence-corrected chi connectivity index (χ3v) is 8.44. The number of piperidine rings is 1. The lowest BCUT2D eigenvalue weighted by Gasteiger charge is -2.38. The first kappa shape index (κ1) is 20.6. The van der Waals surface area contributed by atoms with Crippen molar-refractivity contribution in [3.63, 3.8) is 0 Å². The molecule has 8 nitrogen and oxygen atoms in total. The predicted octanol–water partition coefficient (Wildman–Crippen LogP) is 5.26. The summed E-state index contributed by atoms with van der Waals surface area (Å²) in [5.41, 5.74) is 9.71. The molecule has 3 atom stereocenters. The number of carbonyl (C=O) groups excluding carboxylic acids is 1. The first-order chi connectivity index (χ1) is 17.1. The number of nitrogens with two attached hydrogens (primary N) is 1. The Labute approximate surface area is 205 Å². The van der Waals surface area contributed by atoms with Gasteiger partial charge in [0.25, 0.3) is 0 Å². The van der Waals surface area contributed by atoms with Gasteiger partial charge in [0.15, 0.2) is 11.4 Å². The van der Waals surface area contributed by atoms with Crippen LogP contribution in [0, 0.1) is 0 Å². The van der Waals surface area contributed by atoms with Crippen LogP contribution in [0.5, 0.6) is 0 Å². The van der Waals surface area contributed by atoms with Crippen LogP contribution in [-0.4, -0.2) is 42.0 Å². The van der Waals surface area contributed by atoms with Gasteiger partial charge >= 0.3 is 0 Å². The summed E-state index contributed by atoms with van der Waals surface area (Å²) in [6, 6.07) is 9.07. The van der Waals surface area contributed by atoms with Crippen molar-refractivity contribution in [3.05, 3.63) is 49.1 Å². The lowest BCUT2D eigenvalue weighted by atomic mass is 9.97. The van der Waals surface area contributed by atoms with Crippen molar-refractivity contribution in [2.75, 3.05) is 5.73 Å². The second-order valence-corrected chi connectivity index (χ2v) is 10.4. The largest absolute Gasteiger partial charge is 0.452 e. The van der Waals surface area contributed by atoms with Crippen LogP contribution in [-0.2, 0) is 4.79 Å². The third kappa shape index (κ3) is 3.18. The van der Waals surface area contributed by atoms with Gasteiger partial charge in [-0.05, 0) is 49.3 Å². The molecule has 7 rings (SSSR count). The highest BCUT2D eigenvalue weighted by Crippen LogP contribution is 2.42. The monoisotopic (exact) mass is 484 g/mol. The van der Waals surface area contributed by atoms with Gasteiger partial charge in [0, 0.05) is 65.1 Å². The van der Waals surface area contributed by atoms with Gasteiger partial charge in [-0.1, -0.05) is 12.1 Å². The van der Waals surface area contributed by atoms with Crippen LogP contribution in [0.25, 0.3) is 43.5 Å². The summed E-state index contributed by atoms with van der Waals surface area (Å²) in [6.07, 6.45) is 11.7. The van der Waals surface area contributed by atoms with E-state index in [9.17, 15) is 4.79 Å². The molecule has 176 valence electrons. The van der Waals surface area contributed by atoms with Gasteiger partial charge in [0.05, 0.1) is 16.9 Å². The molecule has 2 N–H and O–H groups in total. The van der Waals surface area contributed by atoms with E-state index in [1.165, 1.54) is 11.5 Å². The van der Waals surface area contributed by atoms with E-state index in [1.54, 1.807) is 13.1 Å². The average Bonchev–Trinajstić information content (AvgIpc) is 3.64. The maximum atomic E-state index is 12.1. The van der Waals surface area contributed by atoms with Crippen molar-refractivity contribution in [1.82, 2.24) is 24.0 Å². The fraction of sp³-hybridized carbons (Fsp3) is 0.308. The Balaban J connectivity index is 1.26. The van der Waals surface area contributed by atoms with Crippen molar-refractivity contribution in [2.45, 2.75) is 50.7 Å². The Morgan fingerprint density at radius 2 is 1.94 bits per heavy atom. The van der Waals surface area contributed by atoms with E-state index in [0.717, 1.165) is 63.6 Å². The molecule has 0 aliphatic carbocycles. The zero-order valence-electron chi connectivity index (χ0n) is 19.2. The average molecular weight is 485 g/mol. The van der Waals surface area contributed by atoms with E-state index in [1.807, 2.05) is 36.7 Å². The summed E-state index contributed by atoms with van der Waals surface area (Å²) in [6.45, 7) is 1.69. The molecule has 2 saturated heterocycles. The summed E-state index contributed by atoms with van der Waals surface area (Å²) >= 11 is 1.46. The molecule has 2 aliphatic rings. The minimum absolute atomic E-state index is 0.192. The number of carbonyl (C=O) groups is 1. The number of furan rings is 1. The Bertz CT molecular complexity index is 1590. The van der Waals surface area contributed by atoms with E-state index in [4.69, 9.17) is 15.2 Å². The number of nitrogen functional groups attached to an aromatic ring is 1. The molecule has 35 heavy (non-hydrogen) atoms. The Morgan fingerprint density at radius 1 is 1.11 bits per heavy atom. The maximum Gasteiger partial charge on any atom is 0.219 e. The molecule has 9 heteroatoms. The van der Waals surface area contributed by atoms with E-state index in [2.05, 4.69) is 25.1 Å². The molecule has 6 heterocycles. The number of anilines is 1. The highest BCUT2D eigenvalue weighted by molar-refractivity contribution is 7.13. The number of pyridine rings is 1. The number of fused-ring (bicyclic) bond motifs is 4. The number of aromatic nitrogens is 4. The first-order valence-electron chi connectivity index (χ1n) is 11.9. The standard InChI is InChI=1S/C26H24N6O2S/c1-14(33)32-17-5-6-18(32)8-19(7-17)31-13-16(10-29-31)22-12-28-26(27)24-21(22)9-23(34-24)20-4-2-3-15-11-30-35-25(15)20/h2-4,9-13,17-19H,5-8H2,1H3,(H2,27,28)/t17-,18+,19-. The molecule has 2 fully saturated rings. The Kier molecular flexibility index (Phi) is 4.51. The fourth-order valence-electron chi connectivity index (χ4n) is 6.05. The molecule has 0 unspecified atom stereocenters. The molecular formula is C26H24N6O2S. The van der Waals surface area contributed by atoms with Gasteiger partial charge in [-0.15, -0.1) is 0 Å². The maximum absolute atomic E-state index is 12.1. The second kappa shape index (κ2) is 7.64. The van der Waals surface area contributed by atoms with Crippen LogP contribution < -0.4 is 5.73 Å². The molecule has 0 spiro atoms. The van der Waals surface area contributed by atoms with Crippen molar-refractivity contribution >= 4 is 44.3 Å². The fourth-order valence-corrected chi connectivity index (χ4v) is 6.81. The minimum Gasteiger partial charge on any atom is -0.452 e. The minimum atomic E-state index is 0.192. The van der Waals surface area contributed by atoms with Gasteiger partial charge in [-0.25, -0.2) is 4.98 Å². The number of hydrogen-bond acceptors (Lipinski definition) is 7. The summed E-state index contributed by atoms with van der Waals surface area (Å²) in [7, 11) is 0. The number of amides is 1. The SMILES string of the molecule is CC(=O)N1[C@@H]2CC[C@H]1C[C@H](n1cc(-c3cnc(N)c4oc(-c5cccc6cnsc56)cc34)cn1)C2. The lowest BCUT2D eigenvalue weighted by Crippen LogP contribution is -2.45. The Hall–Kier alpha value is -3.72. The summed E-state index contributed by atoms with van der Waals surface area (Å²) < 4.78 is 13.7. The second-order valence-electron chi connectivity index (χ2n) is 9.61. The van der Waals surface area contributed by atoms with Gasteiger partial charge in [-0.2, -0.15) is 9.47 Å². The quantitative estimate of drug-likeness (QED) is 0.374. The molecule has 1 aromatic carbocycles. The Morgan fingerprint density at radius 3 is 2.74 bits per heavy atom. The van der Waals surface area contributed by atoms with Crippen LogP contribution in [0.4, 0.5) is 5.82 Å². The summed E-state index contributed by atoms with van der Waals surface area (Å²) in [4.78, 5) is 18.6. The molecule has 5 aromatic rings. The summed E-state index contributed by atoms with van der Waals surface area (Å²) in [5, 5.41) is 6.73. The van der Waals surface area contributed by atoms with Crippen LogP contribution in [0.15, 0.2) is 53.5 Å². The molecule has 2 aliphatic heterocycles. The highest BCUT2D eigenvalue weighted by Gasteiger charge is 2.42. The van der Waals surface area contributed by atoms with E-state index in [0.29, 0.717) is 23.5 Å². The van der Waals surface area contributed by atoms with Crippen molar-refractivity contribution in [1.29, 1.82) is 0 Å². The van der Waals surface area contributed by atoms with E-state index >= 15 is 0 Å². The summed E-state index contributed by atoms with van der Waals surface area (Å²) in [5.74, 6) is 1.31. The molecule has 4 aromatic heterocycles. The van der Waals surface area contributed by atoms with Crippen LogP contribution in [0.2, 0.25) is 0 Å². The highest BCUT2D eigenvalue weighted by atomic mass is 32.1. The molecule has 2 bridgehead atoms. The predicted molar refractivity (Wildman–Crippen MR) is 136 cm³/mol. The van der Waals surface area contributed by atoms with Gasteiger partial charge in [0.1, 0.15) is 5.76 Å². The van der Waals surface area contributed by atoms with E-state index < -0.39 is 0 Å². The number of benzene rings is 1. The number of nitrogens with zero attached hydrogens (tertiary/aromatic N) is 5. The molecule has 1 amide bonds. The zero-order valence-corrected chi connectivity index (χ0v) is 20.0. The molecular weight excluding hydrogens is 460 g/mol. The number of hydrogen-bond donors (Lipinski definition) is 1. The van der Waals surface area contributed by atoms with Crippen molar-refractivity contribution in [2.24, 2.45) is 0 Å². The number of rotatable bonds is 3. The van der Waals surface area contributed by atoms with Crippen molar-refractivity contribution in [3.8, 4) is 22.5 Å². The van der Waals surface area contributed by atoms with Gasteiger partial charge in [-0.3, -0.25) is 9.48 Å². The van der Waals surface area contributed by atoms with Gasteiger partial charge in [0.2, 0.25) is 5.91 Å². The smallest absolute Gasteiger partial charge is 0.219 e. The van der Waals surface area contributed by atoms with Crippen molar-refractivity contribution < 1.29 is 9.21 Å². The lowest BCUT2D eigenvalue weighted by molar-refractivity contribution is -0.133. The third-order valence-electron chi connectivity index (χ3n) is 7.59. The molecule has 0 radical (unpaired) electrons. The van der Waals surface area contributed by atoms with Crippen LogP contribution in [0.1, 0.15) is 38.6 Å². The molecule has 0 saturated carbocycles. The normalized spacial score (nSPS) is 21.9. The van der Waals surface area contributed by atoms with Crippen LogP contribution >= 0.6 is 11.5 Å². The van der Waals surface area contributed by atoms with Crippen LogP contribution in [0.3, 0.4) is 0 Å². The first-order valence-corrected chi connectivity index (χ1v) is 12.7. The van der Waals surface area contributed by atoms with E-state index in [-0.39, 0.29) is 11.9 Å². The van der Waals surface area contributed by atoms with Gasteiger partial charge < -0.3 is 15.1 Å². The topological polar surface area (TPSA) is 103 Å². The zero-order chi connectivity index (χ0) is 23.7.